The Morgan fingerprint density at radius 3 is 2.28 bits per heavy atom. The van der Waals surface area contributed by atoms with E-state index in [0.717, 1.165) is 11.1 Å². The van der Waals surface area contributed by atoms with E-state index >= 15 is 0 Å². The van der Waals surface area contributed by atoms with Gasteiger partial charge in [-0.3, -0.25) is 9.52 Å². The van der Waals surface area contributed by atoms with Crippen LogP contribution in [0.1, 0.15) is 11.1 Å². The molecular weight excluding hydrogens is 340 g/mol. The number of aryl methyl sites for hydroxylation is 1. The molecule has 1 N–H and O–H groups in total. The third-order valence-corrected chi connectivity index (χ3v) is 5.12. The first kappa shape index (κ1) is 18.8. The molecule has 0 fully saturated rings. The van der Waals surface area contributed by atoms with Crippen LogP contribution in [0.5, 0.6) is 5.75 Å². The lowest BCUT2D eigenvalue weighted by Gasteiger charge is -2.12. The number of amides is 1. The molecule has 2 aromatic rings. The van der Waals surface area contributed by atoms with Crippen molar-refractivity contribution in [2.45, 2.75) is 18.2 Å². The second-order valence-corrected chi connectivity index (χ2v) is 7.58. The average Bonchev–Trinajstić information content (AvgIpc) is 2.56. The molecule has 0 heterocycles. The minimum atomic E-state index is -3.69. The number of benzene rings is 2. The van der Waals surface area contributed by atoms with Gasteiger partial charge in [0.05, 0.1) is 18.4 Å². The number of nitrogens with zero attached hydrogens (tertiary/aromatic N) is 1. The number of carbonyl (C=O) groups excluding carboxylic acids is 1. The summed E-state index contributed by atoms with van der Waals surface area (Å²) >= 11 is 0. The molecule has 0 spiro atoms. The molecule has 0 aromatic heterocycles. The maximum absolute atomic E-state index is 12.5. The summed E-state index contributed by atoms with van der Waals surface area (Å²) < 4.78 is 32.7. The summed E-state index contributed by atoms with van der Waals surface area (Å²) in [6, 6.07) is 11.4. The fourth-order valence-corrected chi connectivity index (χ4v) is 3.40. The van der Waals surface area contributed by atoms with Gasteiger partial charge in [-0.15, -0.1) is 0 Å². The maximum atomic E-state index is 12.5. The minimum Gasteiger partial charge on any atom is -0.496 e. The van der Waals surface area contributed by atoms with Gasteiger partial charge >= 0.3 is 0 Å². The molecule has 6 nitrogen and oxygen atoms in total. The van der Waals surface area contributed by atoms with E-state index < -0.39 is 10.0 Å². The van der Waals surface area contributed by atoms with Crippen molar-refractivity contribution < 1.29 is 17.9 Å². The summed E-state index contributed by atoms with van der Waals surface area (Å²) in [5.74, 6) is 0.621. The van der Waals surface area contributed by atoms with Crippen molar-refractivity contribution >= 4 is 21.6 Å². The number of anilines is 1. The lowest BCUT2D eigenvalue weighted by atomic mass is 10.1. The minimum absolute atomic E-state index is 0.0120. The van der Waals surface area contributed by atoms with Gasteiger partial charge in [-0.05, 0) is 48.4 Å². The van der Waals surface area contributed by atoms with Gasteiger partial charge in [0.2, 0.25) is 5.91 Å². The van der Waals surface area contributed by atoms with Gasteiger partial charge in [0, 0.05) is 19.8 Å². The van der Waals surface area contributed by atoms with Crippen molar-refractivity contribution in [3.8, 4) is 5.75 Å². The van der Waals surface area contributed by atoms with Crippen molar-refractivity contribution in [1.29, 1.82) is 0 Å². The second-order valence-electron chi connectivity index (χ2n) is 5.90. The van der Waals surface area contributed by atoms with Crippen LogP contribution in [0.15, 0.2) is 47.4 Å². The number of likely N-dealkylation sites (N-methyl/N-ethyl adjacent to an activating group) is 1. The van der Waals surface area contributed by atoms with Crippen LogP contribution in [-0.4, -0.2) is 40.4 Å². The zero-order valence-corrected chi connectivity index (χ0v) is 15.6. The number of nitrogens with one attached hydrogen (secondary N) is 1. The van der Waals surface area contributed by atoms with Crippen molar-refractivity contribution in [2.75, 3.05) is 25.9 Å². The van der Waals surface area contributed by atoms with E-state index in [2.05, 4.69) is 4.72 Å². The van der Waals surface area contributed by atoms with Crippen molar-refractivity contribution in [1.82, 2.24) is 4.90 Å². The van der Waals surface area contributed by atoms with E-state index in [-0.39, 0.29) is 17.2 Å². The van der Waals surface area contributed by atoms with Crippen LogP contribution in [0.2, 0.25) is 0 Å². The summed E-state index contributed by atoms with van der Waals surface area (Å²) in [7, 11) is 1.24. The first-order chi connectivity index (χ1) is 11.7. The maximum Gasteiger partial charge on any atom is 0.261 e. The molecule has 0 saturated carbocycles. The molecule has 0 aliphatic rings. The fraction of sp³-hybridized carbons (Fsp3) is 0.278. The molecule has 25 heavy (non-hydrogen) atoms. The van der Waals surface area contributed by atoms with E-state index in [1.807, 2.05) is 0 Å². The third kappa shape index (κ3) is 4.73. The zero-order chi connectivity index (χ0) is 18.6. The SMILES string of the molecule is COc1ccc(S(=O)(=O)Nc2ccc(CC(=O)N(C)C)cc2)cc1C. The summed E-state index contributed by atoms with van der Waals surface area (Å²) in [5, 5.41) is 0. The van der Waals surface area contributed by atoms with Crippen molar-refractivity contribution in [3.63, 3.8) is 0 Å². The quantitative estimate of drug-likeness (QED) is 0.856. The van der Waals surface area contributed by atoms with E-state index in [4.69, 9.17) is 4.74 Å². The van der Waals surface area contributed by atoms with Gasteiger partial charge in [0.1, 0.15) is 5.75 Å². The molecule has 0 unspecified atom stereocenters. The number of rotatable bonds is 6. The Bertz CT molecular complexity index is 859. The van der Waals surface area contributed by atoms with Gasteiger partial charge < -0.3 is 9.64 Å². The number of hydrogen-bond acceptors (Lipinski definition) is 4. The molecule has 0 saturated heterocycles. The Labute approximate surface area is 148 Å². The van der Waals surface area contributed by atoms with Crippen LogP contribution in [-0.2, 0) is 21.2 Å². The molecule has 1 amide bonds. The second kappa shape index (κ2) is 7.57. The fourth-order valence-electron chi connectivity index (χ4n) is 2.26. The van der Waals surface area contributed by atoms with Gasteiger partial charge in [-0.1, -0.05) is 12.1 Å². The summed E-state index contributed by atoms with van der Waals surface area (Å²) in [5.41, 5.74) is 2.00. The van der Waals surface area contributed by atoms with Crippen molar-refractivity contribution in [2.24, 2.45) is 0 Å². The molecule has 134 valence electrons. The number of carbonyl (C=O) groups is 1. The first-order valence-corrected chi connectivity index (χ1v) is 9.18. The molecule has 0 aliphatic carbocycles. The zero-order valence-electron chi connectivity index (χ0n) is 14.7. The number of methoxy groups -OCH3 is 1. The Balaban J connectivity index is 2.15. The van der Waals surface area contributed by atoms with Crippen molar-refractivity contribution in [3.05, 3.63) is 53.6 Å². The monoisotopic (exact) mass is 362 g/mol. The van der Waals surface area contributed by atoms with Crippen LogP contribution in [0, 0.1) is 6.92 Å². The lowest BCUT2D eigenvalue weighted by molar-refractivity contribution is -0.127. The summed E-state index contributed by atoms with van der Waals surface area (Å²) in [6.07, 6.45) is 0.276. The molecule has 7 heteroatoms. The standard InChI is InChI=1S/C18H22N2O4S/c1-13-11-16(9-10-17(13)24-4)25(22,23)19-15-7-5-14(6-8-15)12-18(21)20(2)3/h5-11,19H,12H2,1-4H3. The van der Waals surface area contributed by atoms with Crippen LogP contribution >= 0.6 is 0 Å². The molecule has 0 radical (unpaired) electrons. The van der Waals surface area contributed by atoms with Gasteiger partial charge in [-0.25, -0.2) is 8.42 Å². The van der Waals surface area contributed by atoms with Crippen LogP contribution in [0.25, 0.3) is 0 Å². The van der Waals surface area contributed by atoms with E-state index in [1.54, 1.807) is 57.4 Å². The molecule has 2 rings (SSSR count). The Morgan fingerprint density at radius 1 is 1.12 bits per heavy atom. The van der Waals surface area contributed by atoms with Crippen LogP contribution in [0.4, 0.5) is 5.69 Å². The number of sulfonamides is 1. The predicted octanol–water partition coefficient (Wildman–Crippen LogP) is 2.44. The van der Waals surface area contributed by atoms with Crippen LogP contribution in [0.3, 0.4) is 0 Å². The smallest absolute Gasteiger partial charge is 0.261 e. The predicted molar refractivity (Wildman–Crippen MR) is 97.4 cm³/mol. The van der Waals surface area contributed by atoms with Gasteiger partial charge in [0.15, 0.2) is 0 Å². The average molecular weight is 362 g/mol. The number of ether oxygens (including phenoxy) is 1. The van der Waals surface area contributed by atoms with Crippen LogP contribution < -0.4 is 9.46 Å². The first-order valence-electron chi connectivity index (χ1n) is 7.69. The summed E-state index contributed by atoms with van der Waals surface area (Å²) in [4.78, 5) is 13.4. The Hall–Kier alpha value is -2.54. The Morgan fingerprint density at radius 2 is 1.76 bits per heavy atom. The topological polar surface area (TPSA) is 75.7 Å². The van der Waals surface area contributed by atoms with Gasteiger partial charge in [-0.2, -0.15) is 0 Å². The molecule has 0 bridgehead atoms. The van der Waals surface area contributed by atoms with E-state index in [9.17, 15) is 13.2 Å². The largest absolute Gasteiger partial charge is 0.496 e. The highest BCUT2D eigenvalue weighted by molar-refractivity contribution is 7.92. The van der Waals surface area contributed by atoms with Gasteiger partial charge in [0.25, 0.3) is 10.0 Å². The highest BCUT2D eigenvalue weighted by Gasteiger charge is 2.16. The lowest BCUT2D eigenvalue weighted by Crippen LogP contribution is -2.23. The summed E-state index contributed by atoms with van der Waals surface area (Å²) in [6.45, 7) is 1.79. The molecular formula is C18H22N2O4S. The Kier molecular flexibility index (Phi) is 5.69. The highest BCUT2D eigenvalue weighted by Crippen LogP contribution is 2.23. The molecule has 0 atom stereocenters. The molecule has 0 aliphatic heterocycles. The normalized spacial score (nSPS) is 11.0. The highest BCUT2D eigenvalue weighted by atomic mass is 32.2. The molecule has 2 aromatic carbocycles. The third-order valence-electron chi connectivity index (χ3n) is 3.74. The van der Waals surface area contributed by atoms with E-state index in [0.29, 0.717) is 11.4 Å². The number of hydrogen-bond donors (Lipinski definition) is 1. The van der Waals surface area contributed by atoms with E-state index in [1.165, 1.54) is 18.1 Å².